The molecule has 5 rings (SSSR count). The van der Waals surface area contributed by atoms with Gasteiger partial charge in [0, 0.05) is 17.7 Å². The van der Waals surface area contributed by atoms with Crippen molar-refractivity contribution in [3.05, 3.63) is 101 Å². The van der Waals surface area contributed by atoms with E-state index in [-0.39, 0.29) is 22.6 Å². The first-order chi connectivity index (χ1) is 14.5. The summed E-state index contributed by atoms with van der Waals surface area (Å²) < 4.78 is 44.8. The van der Waals surface area contributed by atoms with Crippen molar-refractivity contribution >= 4 is 0 Å². The van der Waals surface area contributed by atoms with Gasteiger partial charge in [0.15, 0.2) is 0 Å². The molecule has 2 atom stereocenters. The lowest BCUT2D eigenvalue weighted by atomic mass is 9.88. The molecule has 1 aliphatic carbocycles. The normalized spacial score (nSPS) is 17.5. The summed E-state index contributed by atoms with van der Waals surface area (Å²) in [5.41, 5.74) is 0.380. The SMILES string of the molecule is OC1c2ccccc2C(O)c2c1nnn2-c1cc(F)c(-c2ccccc2F)c(F)c1. The third-order valence-electron chi connectivity index (χ3n) is 5.25. The number of aromatic nitrogens is 3. The first-order valence-electron chi connectivity index (χ1n) is 9.12. The summed E-state index contributed by atoms with van der Waals surface area (Å²) >= 11 is 0. The molecule has 0 bridgehead atoms. The van der Waals surface area contributed by atoms with Crippen LogP contribution in [0.1, 0.15) is 34.7 Å². The summed E-state index contributed by atoms with van der Waals surface area (Å²) in [7, 11) is 0. The van der Waals surface area contributed by atoms with E-state index in [0.29, 0.717) is 11.1 Å². The number of aliphatic hydroxyl groups excluding tert-OH is 2. The number of fused-ring (bicyclic) bond motifs is 2. The lowest BCUT2D eigenvalue weighted by Crippen LogP contribution is -2.20. The van der Waals surface area contributed by atoms with Gasteiger partial charge >= 0.3 is 0 Å². The van der Waals surface area contributed by atoms with Crippen LogP contribution < -0.4 is 0 Å². The Kier molecular flexibility index (Phi) is 4.19. The molecular formula is C22H14F3N3O2. The summed E-state index contributed by atoms with van der Waals surface area (Å²) in [6, 6.07) is 14.0. The molecule has 5 nitrogen and oxygen atoms in total. The van der Waals surface area contributed by atoms with Crippen molar-refractivity contribution in [2.24, 2.45) is 0 Å². The number of aliphatic hydroxyl groups is 2. The van der Waals surface area contributed by atoms with Crippen LogP contribution in [0.25, 0.3) is 16.8 Å². The smallest absolute Gasteiger partial charge is 0.136 e. The predicted molar refractivity (Wildman–Crippen MR) is 101 cm³/mol. The molecule has 0 saturated heterocycles. The molecule has 0 fully saturated rings. The van der Waals surface area contributed by atoms with Gasteiger partial charge in [0.05, 0.1) is 11.3 Å². The van der Waals surface area contributed by atoms with Crippen LogP contribution in [-0.2, 0) is 0 Å². The van der Waals surface area contributed by atoms with E-state index in [9.17, 15) is 23.4 Å². The fourth-order valence-corrected chi connectivity index (χ4v) is 3.85. The van der Waals surface area contributed by atoms with E-state index >= 15 is 0 Å². The van der Waals surface area contributed by atoms with Crippen LogP contribution in [-0.4, -0.2) is 25.2 Å². The summed E-state index contributed by atoms with van der Waals surface area (Å²) in [6.45, 7) is 0. The number of hydrogen-bond acceptors (Lipinski definition) is 4. The van der Waals surface area contributed by atoms with Gasteiger partial charge in [-0.3, -0.25) is 0 Å². The quantitative estimate of drug-likeness (QED) is 0.528. The maximum atomic E-state index is 14.8. The molecule has 8 heteroatoms. The third-order valence-corrected chi connectivity index (χ3v) is 5.25. The molecule has 0 spiro atoms. The minimum atomic E-state index is -1.20. The standard InChI is InChI=1S/C22H14F3N3O2/c23-15-8-4-3-7-14(15)18-16(24)9-11(10-17(18)25)28-20-19(26-27-28)21(29)12-5-1-2-6-13(12)22(20)30/h1-10,21-22,29-30H. The zero-order chi connectivity index (χ0) is 21.0. The average Bonchev–Trinajstić information content (AvgIpc) is 3.18. The van der Waals surface area contributed by atoms with Crippen molar-refractivity contribution < 1.29 is 23.4 Å². The second-order valence-electron chi connectivity index (χ2n) is 6.97. The Hall–Kier alpha value is -3.49. The van der Waals surface area contributed by atoms with Gasteiger partial charge in [0.25, 0.3) is 0 Å². The first kappa shape index (κ1) is 18.5. The molecule has 1 aliphatic rings. The van der Waals surface area contributed by atoms with Crippen LogP contribution in [0, 0.1) is 17.5 Å². The van der Waals surface area contributed by atoms with Crippen molar-refractivity contribution in [1.29, 1.82) is 0 Å². The highest BCUT2D eigenvalue weighted by atomic mass is 19.1. The molecular weight excluding hydrogens is 395 g/mol. The predicted octanol–water partition coefficient (Wildman–Crippen LogP) is 3.83. The fourth-order valence-electron chi connectivity index (χ4n) is 3.85. The molecule has 2 N–H and O–H groups in total. The highest BCUT2D eigenvalue weighted by Crippen LogP contribution is 2.40. The van der Waals surface area contributed by atoms with Gasteiger partial charge in [-0.25, -0.2) is 17.9 Å². The van der Waals surface area contributed by atoms with Crippen LogP contribution in [0.3, 0.4) is 0 Å². The molecule has 2 unspecified atom stereocenters. The molecule has 0 aliphatic heterocycles. The first-order valence-corrected chi connectivity index (χ1v) is 9.12. The molecule has 0 saturated carbocycles. The molecule has 1 aromatic heterocycles. The second kappa shape index (κ2) is 6.79. The zero-order valence-electron chi connectivity index (χ0n) is 15.3. The zero-order valence-corrected chi connectivity index (χ0v) is 15.3. The highest BCUT2D eigenvalue weighted by molar-refractivity contribution is 5.67. The van der Waals surface area contributed by atoms with Crippen molar-refractivity contribution in [2.75, 3.05) is 0 Å². The average molecular weight is 409 g/mol. The van der Waals surface area contributed by atoms with Gasteiger partial charge in [0.2, 0.25) is 0 Å². The van der Waals surface area contributed by atoms with Gasteiger partial charge < -0.3 is 10.2 Å². The summed E-state index contributed by atoms with van der Waals surface area (Å²) in [4.78, 5) is 0. The Morgan fingerprint density at radius 2 is 1.37 bits per heavy atom. The van der Waals surface area contributed by atoms with Crippen molar-refractivity contribution in [3.63, 3.8) is 0 Å². The Bertz CT molecular complexity index is 1270. The Morgan fingerprint density at radius 1 is 0.767 bits per heavy atom. The topological polar surface area (TPSA) is 71.2 Å². The van der Waals surface area contributed by atoms with Crippen LogP contribution in [0.15, 0.2) is 60.7 Å². The highest BCUT2D eigenvalue weighted by Gasteiger charge is 2.35. The second-order valence-corrected chi connectivity index (χ2v) is 6.97. The van der Waals surface area contributed by atoms with Crippen LogP contribution in [0.2, 0.25) is 0 Å². The molecule has 4 aromatic rings. The van der Waals surface area contributed by atoms with E-state index in [0.717, 1.165) is 22.9 Å². The van der Waals surface area contributed by atoms with Crippen LogP contribution >= 0.6 is 0 Å². The van der Waals surface area contributed by atoms with E-state index in [1.807, 2.05) is 0 Å². The van der Waals surface area contributed by atoms with E-state index in [2.05, 4.69) is 10.3 Å². The molecule has 0 radical (unpaired) electrons. The maximum Gasteiger partial charge on any atom is 0.136 e. The summed E-state index contributed by atoms with van der Waals surface area (Å²) in [5.74, 6) is -2.74. The molecule has 1 heterocycles. The van der Waals surface area contributed by atoms with Crippen LogP contribution in [0.5, 0.6) is 0 Å². The summed E-state index contributed by atoms with van der Waals surface area (Å²) in [5, 5.41) is 29.2. The fraction of sp³-hybridized carbons (Fsp3) is 0.0909. The van der Waals surface area contributed by atoms with Gasteiger partial charge in [-0.05, 0) is 17.2 Å². The Labute approximate surface area is 168 Å². The number of rotatable bonds is 2. The van der Waals surface area contributed by atoms with E-state index in [4.69, 9.17) is 0 Å². The number of nitrogens with zero attached hydrogens (tertiary/aromatic N) is 3. The van der Waals surface area contributed by atoms with E-state index in [1.54, 1.807) is 24.3 Å². The van der Waals surface area contributed by atoms with Gasteiger partial charge in [0.1, 0.15) is 41.0 Å². The van der Waals surface area contributed by atoms with Gasteiger partial charge in [-0.1, -0.05) is 47.7 Å². The number of hydrogen-bond donors (Lipinski definition) is 2. The van der Waals surface area contributed by atoms with Crippen molar-refractivity contribution in [2.45, 2.75) is 12.2 Å². The molecule has 30 heavy (non-hydrogen) atoms. The minimum Gasteiger partial charge on any atom is -0.382 e. The third kappa shape index (κ3) is 2.65. The molecule has 3 aromatic carbocycles. The molecule has 150 valence electrons. The van der Waals surface area contributed by atoms with Crippen LogP contribution in [0.4, 0.5) is 13.2 Å². The lowest BCUT2D eigenvalue weighted by Gasteiger charge is -2.25. The Morgan fingerprint density at radius 3 is 2.03 bits per heavy atom. The maximum absolute atomic E-state index is 14.8. The minimum absolute atomic E-state index is 0.0514. The van der Waals surface area contributed by atoms with E-state index < -0.39 is 35.2 Å². The largest absolute Gasteiger partial charge is 0.382 e. The van der Waals surface area contributed by atoms with Gasteiger partial charge in [-0.2, -0.15) is 0 Å². The number of benzene rings is 3. The summed E-state index contributed by atoms with van der Waals surface area (Å²) in [6.07, 6.45) is -2.34. The number of halogens is 3. The lowest BCUT2D eigenvalue weighted by molar-refractivity contribution is 0.166. The monoisotopic (exact) mass is 409 g/mol. The molecule has 0 amide bonds. The van der Waals surface area contributed by atoms with E-state index in [1.165, 1.54) is 18.2 Å². The Balaban J connectivity index is 1.65. The van der Waals surface area contributed by atoms with Crippen molar-refractivity contribution in [3.8, 4) is 16.8 Å². The van der Waals surface area contributed by atoms with Gasteiger partial charge in [-0.15, -0.1) is 5.10 Å². The van der Waals surface area contributed by atoms with Crippen molar-refractivity contribution in [1.82, 2.24) is 15.0 Å².